The number of nitrogens with zero attached hydrogens (tertiary/aromatic N) is 1. The zero-order chi connectivity index (χ0) is 14.5. The molecule has 0 aliphatic carbocycles. The van der Waals surface area contributed by atoms with Crippen LogP contribution in [0.3, 0.4) is 0 Å². The molecule has 0 bridgehead atoms. The van der Waals surface area contributed by atoms with Gasteiger partial charge in [0.1, 0.15) is 0 Å². The van der Waals surface area contributed by atoms with Gasteiger partial charge in [-0.25, -0.2) is 8.78 Å². The van der Waals surface area contributed by atoms with Gasteiger partial charge in [0, 0.05) is 17.8 Å². The second-order valence-electron chi connectivity index (χ2n) is 4.54. The smallest absolute Gasteiger partial charge is 0.263 e. The first-order valence-electron chi connectivity index (χ1n) is 6.22. The summed E-state index contributed by atoms with van der Waals surface area (Å²) in [6, 6.07) is 13.8. The monoisotopic (exact) mass is 272 g/mol. The summed E-state index contributed by atoms with van der Waals surface area (Å²) in [5, 5.41) is 12.0. The Kier molecular flexibility index (Phi) is 4.31. The van der Waals surface area contributed by atoms with E-state index < -0.39 is 6.43 Å². The summed E-state index contributed by atoms with van der Waals surface area (Å²) >= 11 is 0. The summed E-state index contributed by atoms with van der Waals surface area (Å²) < 4.78 is 25.2. The van der Waals surface area contributed by atoms with Crippen molar-refractivity contribution in [3.63, 3.8) is 0 Å². The van der Waals surface area contributed by atoms with Crippen molar-refractivity contribution in [1.29, 1.82) is 5.26 Å². The maximum atomic E-state index is 12.6. The van der Waals surface area contributed by atoms with Gasteiger partial charge in [-0.15, -0.1) is 0 Å². The average molecular weight is 272 g/mol. The van der Waals surface area contributed by atoms with Gasteiger partial charge in [-0.2, -0.15) is 5.26 Å². The van der Waals surface area contributed by atoms with Crippen molar-refractivity contribution < 1.29 is 8.78 Å². The largest absolute Gasteiger partial charge is 0.381 e. The minimum atomic E-state index is -2.46. The third kappa shape index (κ3) is 3.33. The van der Waals surface area contributed by atoms with Gasteiger partial charge in [-0.3, -0.25) is 0 Å². The van der Waals surface area contributed by atoms with Crippen molar-refractivity contribution >= 4 is 5.69 Å². The summed E-state index contributed by atoms with van der Waals surface area (Å²) in [4.78, 5) is 0. The first kappa shape index (κ1) is 14.0. The molecule has 0 amide bonds. The van der Waals surface area contributed by atoms with Crippen molar-refractivity contribution in [2.24, 2.45) is 0 Å². The van der Waals surface area contributed by atoms with E-state index in [-0.39, 0.29) is 5.56 Å². The van der Waals surface area contributed by atoms with Gasteiger partial charge in [0.2, 0.25) is 0 Å². The van der Waals surface area contributed by atoms with Gasteiger partial charge >= 0.3 is 0 Å². The van der Waals surface area contributed by atoms with Crippen LogP contribution in [0.25, 0.3) is 0 Å². The van der Waals surface area contributed by atoms with Crippen LogP contribution < -0.4 is 5.32 Å². The van der Waals surface area contributed by atoms with Crippen LogP contribution in [-0.4, -0.2) is 0 Å². The van der Waals surface area contributed by atoms with Crippen molar-refractivity contribution in [2.45, 2.75) is 19.9 Å². The summed E-state index contributed by atoms with van der Waals surface area (Å²) in [5.74, 6) is 0. The van der Waals surface area contributed by atoms with Gasteiger partial charge in [-0.05, 0) is 36.2 Å². The molecule has 102 valence electrons. The molecule has 0 aliphatic heterocycles. The predicted octanol–water partition coefficient (Wildman–Crippen LogP) is 4.42. The van der Waals surface area contributed by atoms with E-state index in [1.165, 1.54) is 12.1 Å². The van der Waals surface area contributed by atoms with Crippen molar-refractivity contribution in [2.75, 3.05) is 5.32 Å². The van der Waals surface area contributed by atoms with Gasteiger partial charge in [0.25, 0.3) is 6.43 Å². The number of hydrogen-bond donors (Lipinski definition) is 1. The van der Waals surface area contributed by atoms with Crippen molar-refractivity contribution in [3.05, 3.63) is 64.7 Å². The van der Waals surface area contributed by atoms with E-state index in [0.29, 0.717) is 12.1 Å². The molecule has 2 rings (SSSR count). The van der Waals surface area contributed by atoms with E-state index in [2.05, 4.69) is 11.4 Å². The molecule has 4 heteroatoms. The van der Waals surface area contributed by atoms with Gasteiger partial charge in [0.05, 0.1) is 11.6 Å². The number of aryl methyl sites for hydroxylation is 1. The molecule has 0 fully saturated rings. The highest BCUT2D eigenvalue weighted by molar-refractivity contribution is 5.55. The summed E-state index contributed by atoms with van der Waals surface area (Å²) in [6.45, 7) is 2.37. The minimum Gasteiger partial charge on any atom is -0.381 e. The Morgan fingerprint density at radius 1 is 1.20 bits per heavy atom. The number of rotatable bonds is 4. The van der Waals surface area contributed by atoms with Gasteiger partial charge < -0.3 is 5.32 Å². The number of nitrogens with one attached hydrogen (secondary N) is 1. The maximum absolute atomic E-state index is 12.6. The molecule has 0 atom stereocenters. The lowest BCUT2D eigenvalue weighted by molar-refractivity contribution is 0.151. The molecule has 0 spiro atoms. The van der Waals surface area contributed by atoms with E-state index in [1.54, 1.807) is 24.3 Å². The van der Waals surface area contributed by atoms with E-state index in [9.17, 15) is 8.78 Å². The molecular formula is C16H14F2N2. The van der Waals surface area contributed by atoms with E-state index in [1.807, 2.05) is 13.0 Å². The average Bonchev–Trinajstić information content (AvgIpc) is 2.46. The maximum Gasteiger partial charge on any atom is 0.263 e. The second-order valence-corrected chi connectivity index (χ2v) is 4.54. The Hall–Kier alpha value is -2.41. The molecule has 0 radical (unpaired) electrons. The van der Waals surface area contributed by atoms with Gasteiger partial charge in [0.15, 0.2) is 0 Å². The fourth-order valence-electron chi connectivity index (χ4n) is 1.92. The first-order chi connectivity index (χ1) is 9.60. The summed E-state index contributed by atoms with van der Waals surface area (Å²) in [5.41, 5.74) is 3.22. The number of halogens is 2. The lowest BCUT2D eigenvalue weighted by atomic mass is 10.1. The van der Waals surface area contributed by atoms with Crippen LogP contribution in [0.5, 0.6) is 0 Å². The second kappa shape index (κ2) is 6.16. The van der Waals surface area contributed by atoms with Crippen LogP contribution in [0.4, 0.5) is 14.5 Å². The molecule has 2 nitrogen and oxygen atoms in total. The molecule has 0 aliphatic rings. The number of benzene rings is 2. The highest BCUT2D eigenvalue weighted by Crippen LogP contribution is 2.21. The van der Waals surface area contributed by atoms with Crippen LogP contribution in [0.15, 0.2) is 42.5 Å². The number of anilines is 1. The Labute approximate surface area is 116 Å². The Balaban J connectivity index is 2.13. The number of hydrogen-bond acceptors (Lipinski definition) is 2. The molecule has 0 unspecified atom stereocenters. The fraction of sp³-hybridized carbons (Fsp3) is 0.188. The van der Waals surface area contributed by atoms with E-state index >= 15 is 0 Å². The Morgan fingerprint density at radius 2 is 2.00 bits per heavy atom. The SMILES string of the molecule is Cc1ccc(C#N)cc1NCc1cccc(C(F)F)c1. The van der Waals surface area contributed by atoms with Crippen LogP contribution in [0.2, 0.25) is 0 Å². The lowest BCUT2D eigenvalue weighted by Gasteiger charge is -2.11. The Morgan fingerprint density at radius 3 is 2.70 bits per heavy atom. The lowest BCUT2D eigenvalue weighted by Crippen LogP contribution is -2.02. The number of alkyl halides is 2. The first-order valence-corrected chi connectivity index (χ1v) is 6.22. The van der Waals surface area contributed by atoms with Crippen LogP contribution in [-0.2, 0) is 6.54 Å². The third-order valence-corrected chi connectivity index (χ3v) is 3.05. The summed E-state index contributed by atoms with van der Waals surface area (Å²) in [7, 11) is 0. The quantitative estimate of drug-likeness (QED) is 0.894. The Bertz CT molecular complexity index is 645. The normalized spacial score (nSPS) is 10.3. The van der Waals surface area contributed by atoms with Crippen molar-refractivity contribution in [3.8, 4) is 6.07 Å². The highest BCUT2D eigenvalue weighted by atomic mass is 19.3. The molecule has 0 saturated heterocycles. The van der Waals surface area contributed by atoms with E-state index in [0.717, 1.165) is 16.8 Å². The number of nitriles is 1. The molecule has 0 saturated carbocycles. The van der Waals surface area contributed by atoms with Crippen LogP contribution in [0, 0.1) is 18.3 Å². The zero-order valence-electron chi connectivity index (χ0n) is 11.0. The molecule has 0 aromatic heterocycles. The molecule has 1 N–H and O–H groups in total. The molecule has 20 heavy (non-hydrogen) atoms. The molecule has 2 aromatic carbocycles. The van der Waals surface area contributed by atoms with Gasteiger partial charge in [-0.1, -0.05) is 24.3 Å². The summed E-state index contributed by atoms with van der Waals surface area (Å²) in [6.07, 6.45) is -2.46. The van der Waals surface area contributed by atoms with Crippen LogP contribution >= 0.6 is 0 Å². The topological polar surface area (TPSA) is 35.8 Å². The molecule has 0 heterocycles. The highest BCUT2D eigenvalue weighted by Gasteiger charge is 2.07. The standard InChI is InChI=1S/C16H14F2N2/c1-11-5-6-12(9-19)8-15(11)20-10-13-3-2-4-14(7-13)16(17)18/h2-8,16,20H,10H2,1H3. The zero-order valence-corrected chi connectivity index (χ0v) is 11.0. The van der Waals surface area contributed by atoms with Crippen molar-refractivity contribution in [1.82, 2.24) is 0 Å². The fourth-order valence-corrected chi connectivity index (χ4v) is 1.92. The third-order valence-electron chi connectivity index (χ3n) is 3.05. The van der Waals surface area contributed by atoms with Crippen LogP contribution in [0.1, 0.15) is 28.7 Å². The minimum absolute atomic E-state index is 0.0202. The van der Waals surface area contributed by atoms with E-state index in [4.69, 9.17) is 5.26 Å². The molecule has 2 aromatic rings. The molecular weight excluding hydrogens is 258 g/mol. The predicted molar refractivity (Wildman–Crippen MR) is 74.6 cm³/mol.